The zero-order chi connectivity index (χ0) is 69.7. The number of H-pyrrole nitrogens is 5. The van der Waals surface area contributed by atoms with Crippen LogP contribution in [0.25, 0.3) is 96.9 Å². The Bertz CT molecular complexity index is 4930. The molecule has 18 rings (SSSR count). The van der Waals surface area contributed by atoms with Crippen LogP contribution in [0.3, 0.4) is 0 Å². The van der Waals surface area contributed by atoms with E-state index in [0.29, 0.717) is 46.3 Å². The van der Waals surface area contributed by atoms with E-state index in [0.717, 1.165) is 110 Å². The molecule has 16 aromatic heterocycles. The topological polar surface area (TPSA) is 416 Å². The molecule has 18 aromatic rings. The van der Waals surface area contributed by atoms with E-state index in [1.165, 1.54) is 36.5 Å². The number of hydrogen-bond donors (Lipinski definition) is 12. The molecule has 0 aliphatic heterocycles. The highest BCUT2D eigenvalue weighted by molar-refractivity contribution is 7.19. The molecule has 0 aliphatic rings. The largest absolute Gasteiger partial charge is 0.461 e. The summed E-state index contributed by atoms with van der Waals surface area (Å²) in [6.45, 7) is 17.9. The molecule has 19 N–H and O–H groups in total. The van der Waals surface area contributed by atoms with Crippen molar-refractivity contribution >= 4 is 172 Å². The van der Waals surface area contributed by atoms with E-state index >= 15 is 0 Å². The molecule has 0 spiro atoms. The highest BCUT2D eigenvalue weighted by atomic mass is 35.5. The number of rotatable bonds is 0. The third kappa shape index (κ3) is 18.3. The molecule has 27 heteroatoms. The lowest BCUT2D eigenvalue weighted by atomic mass is 10.2. The van der Waals surface area contributed by atoms with Gasteiger partial charge in [0.2, 0.25) is 0 Å². The van der Waals surface area contributed by atoms with Crippen LogP contribution in [0.1, 0.15) is 57.2 Å². The number of benzene rings is 2. The van der Waals surface area contributed by atoms with Gasteiger partial charge in [0.1, 0.15) is 68.6 Å². The Morgan fingerprint density at radius 3 is 1.68 bits per heavy atom. The summed E-state index contributed by atoms with van der Waals surface area (Å²) in [6.07, 6.45) is 11.9. The average Bonchev–Trinajstić information content (AvgIpc) is 1.73. The van der Waals surface area contributed by atoms with Crippen LogP contribution in [-0.2, 0) is 0 Å². The number of anilines is 7. The molecular formula is C72H77ClN22O2S2. The minimum Gasteiger partial charge on any atom is -0.461 e. The van der Waals surface area contributed by atoms with Gasteiger partial charge in [-0.05, 0) is 189 Å². The maximum Gasteiger partial charge on any atom is 0.176 e. The number of hydrogen-bond acceptors (Lipinski definition) is 21. The van der Waals surface area contributed by atoms with Gasteiger partial charge in [0.05, 0.1) is 26.6 Å². The highest BCUT2D eigenvalue weighted by Crippen LogP contribution is 2.30. The summed E-state index contributed by atoms with van der Waals surface area (Å²) in [5.74, 6) is 6.47. The Labute approximate surface area is 581 Å². The molecule has 0 aliphatic carbocycles. The second-order valence-corrected chi connectivity index (χ2v) is 25.5. The number of nitrogens with two attached hydrogens (primary N) is 7. The van der Waals surface area contributed by atoms with Gasteiger partial charge in [0.25, 0.3) is 0 Å². The van der Waals surface area contributed by atoms with Gasteiger partial charge in [-0.2, -0.15) is 15.4 Å². The number of pyridine rings is 7. The summed E-state index contributed by atoms with van der Waals surface area (Å²) in [6, 6.07) is 39.3. The van der Waals surface area contributed by atoms with E-state index in [-0.39, 0.29) is 7.43 Å². The van der Waals surface area contributed by atoms with Crippen molar-refractivity contribution in [2.75, 3.05) is 40.1 Å². The number of thiophene rings is 2. The maximum atomic E-state index is 5.81. The fourth-order valence-corrected chi connectivity index (χ4v) is 12.2. The number of imidazole rings is 1. The summed E-state index contributed by atoms with van der Waals surface area (Å²) in [7, 11) is 0. The predicted octanol–water partition coefficient (Wildman–Crippen LogP) is 16.6. The van der Waals surface area contributed by atoms with Gasteiger partial charge in [-0.25, -0.2) is 39.9 Å². The summed E-state index contributed by atoms with van der Waals surface area (Å²) in [5, 5.41) is 18.7. The first-order valence-electron chi connectivity index (χ1n) is 30.4. The van der Waals surface area contributed by atoms with Crippen molar-refractivity contribution < 1.29 is 8.83 Å². The van der Waals surface area contributed by atoms with Crippen molar-refractivity contribution in [3.63, 3.8) is 0 Å². The molecule has 0 fully saturated rings. The number of nitrogen functional groups attached to an aromatic ring is 7. The summed E-state index contributed by atoms with van der Waals surface area (Å²) in [5.41, 5.74) is 52.1. The number of aromatic amines is 5. The Hall–Kier alpha value is -12.1. The van der Waals surface area contributed by atoms with E-state index in [4.69, 9.17) is 60.6 Å². The smallest absolute Gasteiger partial charge is 0.176 e. The van der Waals surface area contributed by atoms with Crippen molar-refractivity contribution in [3.05, 3.63) is 219 Å². The lowest BCUT2D eigenvalue weighted by molar-refractivity contribution is 0.578. The quantitative estimate of drug-likeness (QED) is 0.0671. The standard InChI is InChI=1S/C9H8ClN.2C8H9N3.2C8H8N2O.2C8H8N2S.C7H8N4.C7H7N3.CH4/c1-6-4-7-5-8(10)2-3-9(7)11-6;1-5-4-6-7(11-5)2-3-10-8(6)9;1-5-4-6-2-3-10-8(9)7(6)11-5;1-5-4-6-7(11-5)2-3-10-8(6)9;1-5-4-6-2-3-10-8(9)7(6)11-5;1-5-4-6-7(11-5)2-3-10-8(6)9;1-5-4-6-2-3-10-8(9)7(6)11-5;1-4-10-5-2-3-9-7(8)6(5)11-4;1-5-2-3-6-7(4-5)9-10-8-6;/h2-5,11H,1H3;2*2-4,11H,1H3,(H2,9,10);4*2-4H,1H3,(H2,9,10);2-3H,1H3,(H2,8,9)(H,10,11);2-4H,1H3,(H,8,9,10);1H4. The van der Waals surface area contributed by atoms with Gasteiger partial charge in [-0.3, -0.25) is 0 Å². The van der Waals surface area contributed by atoms with Gasteiger partial charge in [0.15, 0.2) is 17.2 Å². The fourth-order valence-electron chi connectivity index (χ4n) is 10.2. The van der Waals surface area contributed by atoms with Crippen LogP contribution in [0.15, 0.2) is 174 Å². The second-order valence-electron chi connectivity index (χ2n) is 22.5. The maximum absolute atomic E-state index is 5.81. The molecule has 0 atom stereocenters. The van der Waals surface area contributed by atoms with Gasteiger partial charge in [-0.15, -0.1) is 22.7 Å². The average molecular weight is 1380 g/mol. The predicted molar refractivity (Wildman–Crippen MR) is 411 cm³/mol. The lowest BCUT2D eigenvalue weighted by Gasteiger charge is -1.91. The molecule has 0 amide bonds. The number of halogens is 1. The molecule has 0 bridgehead atoms. The van der Waals surface area contributed by atoms with Crippen molar-refractivity contribution in [2.45, 2.75) is 69.7 Å². The zero-order valence-electron chi connectivity index (χ0n) is 55.1. The summed E-state index contributed by atoms with van der Waals surface area (Å²) in [4.78, 5) is 47.1. The van der Waals surface area contributed by atoms with Crippen LogP contribution in [0.5, 0.6) is 0 Å². The van der Waals surface area contributed by atoms with E-state index in [9.17, 15) is 0 Å². The summed E-state index contributed by atoms with van der Waals surface area (Å²) < 4.78 is 13.0. The van der Waals surface area contributed by atoms with E-state index in [2.05, 4.69) is 107 Å². The molecule has 24 nitrogen and oxygen atoms in total. The number of nitrogens with one attached hydrogen (secondary N) is 5. The molecule has 16 heterocycles. The third-order valence-corrected chi connectivity index (χ3v) is 16.9. The molecule has 0 radical (unpaired) electrons. The highest BCUT2D eigenvalue weighted by Gasteiger charge is 2.08. The van der Waals surface area contributed by atoms with Crippen molar-refractivity contribution in [2.24, 2.45) is 0 Å². The van der Waals surface area contributed by atoms with E-state index in [1.807, 2.05) is 146 Å². The van der Waals surface area contributed by atoms with E-state index in [1.54, 1.807) is 72.1 Å². The Balaban J connectivity index is 0.000000130. The number of aryl methyl sites for hydroxylation is 9. The Morgan fingerprint density at radius 2 is 0.980 bits per heavy atom. The first-order chi connectivity index (χ1) is 47.0. The molecule has 0 saturated carbocycles. The molecule has 99 heavy (non-hydrogen) atoms. The number of aromatic nitrogens is 15. The lowest BCUT2D eigenvalue weighted by Crippen LogP contribution is -1.89. The van der Waals surface area contributed by atoms with Gasteiger partial charge >= 0.3 is 0 Å². The normalized spacial score (nSPS) is 10.5. The van der Waals surface area contributed by atoms with Crippen molar-refractivity contribution in [1.82, 2.24) is 75.2 Å². The van der Waals surface area contributed by atoms with Gasteiger partial charge in [0, 0.05) is 112 Å². The third-order valence-electron chi connectivity index (χ3n) is 14.5. The molecule has 0 saturated heterocycles. The monoisotopic (exact) mass is 1380 g/mol. The van der Waals surface area contributed by atoms with Crippen molar-refractivity contribution in [3.8, 4) is 0 Å². The summed E-state index contributed by atoms with van der Waals surface area (Å²) >= 11 is 9.25. The number of fused-ring (bicyclic) bond motifs is 9. The first kappa shape index (κ1) is 71.2. The minimum atomic E-state index is 0. The van der Waals surface area contributed by atoms with Crippen LogP contribution in [0.2, 0.25) is 5.02 Å². The minimum absolute atomic E-state index is 0. The second kappa shape index (κ2) is 32.1. The molecule has 506 valence electrons. The molecule has 0 unspecified atom stereocenters. The van der Waals surface area contributed by atoms with Crippen LogP contribution < -0.4 is 40.1 Å². The zero-order valence-corrected chi connectivity index (χ0v) is 57.5. The fraction of sp³-hybridized carbons (Fsp3) is 0.139. The van der Waals surface area contributed by atoms with Crippen LogP contribution in [0, 0.1) is 62.3 Å². The van der Waals surface area contributed by atoms with E-state index < -0.39 is 0 Å². The van der Waals surface area contributed by atoms with Crippen LogP contribution in [0.4, 0.5) is 40.7 Å². The Kier molecular flexibility index (Phi) is 23.1. The molecular weight excluding hydrogens is 1300 g/mol. The van der Waals surface area contributed by atoms with Crippen LogP contribution in [-0.4, -0.2) is 75.2 Å². The van der Waals surface area contributed by atoms with Crippen LogP contribution >= 0.6 is 34.3 Å². The van der Waals surface area contributed by atoms with Gasteiger partial charge in [-0.1, -0.05) is 25.1 Å². The Morgan fingerprint density at radius 1 is 0.404 bits per heavy atom. The van der Waals surface area contributed by atoms with Gasteiger partial charge < -0.3 is 68.9 Å². The SMILES string of the molecule is C.Cc1cc2c(N)nccc2[nH]1.Cc1cc2c(N)nccc2o1.Cc1cc2c(N)nccc2s1.Cc1cc2cc(Cl)ccc2[nH]1.Cc1cc2ccnc(N)c2[nH]1.Cc1cc2ccnc(N)c2o1.Cc1cc2ccnc(N)c2s1.Cc1ccc2n[nH]nc2c1.Cc1nc2c(N)nccc2[nH]1. The number of furan rings is 2. The van der Waals surface area contributed by atoms with Crippen molar-refractivity contribution in [1.29, 1.82) is 0 Å². The first-order valence-corrected chi connectivity index (χ1v) is 32.4. The molecule has 2 aromatic carbocycles. The number of nitrogens with zero attached hydrogens (tertiary/aromatic N) is 10.